The second kappa shape index (κ2) is 6.37. The van der Waals surface area contributed by atoms with Crippen LogP contribution < -0.4 is 4.74 Å². The van der Waals surface area contributed by atoms with Crippen molar-refractivity contribution in [2.75, 3.05) is 7.11 Å². The largest absolute Gasteiger partial charge is 0.507 e. The second-order valence-corrected chi connectivity index (χ2v) is 5.63. The van der Waals surface area contributed by atoms with Gasteiger partial charge < -0.3 is 14.9 Å². The SMILES string of the molecule is COc1ccc(-n2nc(C)c(-c3ccccc3O)c2C)cc1CO. The van der Waals surface area contributed by atoms with Crippen molar-refractivity contribution < 1.29 is 14.9 Å². The number of aromatic nitrogens is 2. The van der Waals surface area contributed by atoms with Crippen LogP contribution in [0.25, 0.3) is 16.8 Å². The van der Waals surface area contributed by atoms with Crippen molar-refractivity contribution in [2.24, 2.45) is 0 Å². The van der Waals surface area contributed by atoms with Crippen molar-refractivity contribution in [3.63, 3.8) is 0 Å². The molecular weight excluding hydrogens is 304 g/mol. The molecule has 0 aliphatic rings. The number of phenols is 1. The van der Waals surface area contributed by atoms with Crippen LogP contribution >= 0.6 is 0 Å². The second-order valence-electron chi connectivity index (χ2n) is 5.63. The van der Waals surface area contributed by atoms with E-state index in [1.807, 2.05) is 48.9 Å². The fourth-order valence-corrected chi connectivity index (χ4v) is 2.99. The monoisotopic (exact) mass is 324 g/mol. The lowest BCUT2D eigenvalue weighted by atomic mass is 10.0. The van der Waals surface area contributed by atoms with E-state index in [4.69, 9.17) is 4.74 Å². The predicted octanol–water partition coefficient (Wildman–Crippen LogP) is 3.36. The third-order valence-electron chi connectivity index (χ3n) is 4.14. The van der Waals surface area contributed by atoms with Gasteiger partial charge >= 0.3 is 0 Å². The number of aliphatic hydroxyl groups excluding tert-OH is 1. The van der Waals surface area contributed by atoms with Crippen LogP contribution in [0.4, 0.5) is 0 Å². The van der Waals surface area contributed by atoms with E-state index in [1.165, 1.54) is 0 Å². The maximum Gasteiger partial charge on any atom is 0.124 e. The first kappa shape index (κ1) is 16.1. The molecule has 0 spiro atoms. The number of nitrogens with zero attached hydrogens (tertiary/aromatic N) is 2. The average Bonchev–Trinajstić information content (AvgIpc) is 2.89. The highest BCUT2D eigenvalue weighted by molar-refractivity contribution is 5.74. The van der Waals surface area contributed by atoms with E-state index in [-0.39, 0.29) is 12.4 Å². The number of ether oxygens (including phenoxy) is 1. The zero-order valence-electron chi connectivity index (χ0n) is 13.9. The van der Waals surface area contributed by atoms with Gasteiger partial charge in [-0.1, -0.05) is 18.2 Å². The van der Waals surface area contributed by atoms with Crippen LogP contribution in [0, 0.1) is 13.8 Å². The number of phenolic OH excluding ortho intramolecular Hbond substituents is 1. The molecule has 3 aromatic rings. The zero-order chi connectivity index (χ0) is 17.3. The predicted molar refractivity (Wildman–Crippen MR) is 92.6 cm³/mol. The Balaban J connectivity index is 2.15. The maximum atomic E-state index is 10.2. The molecule has 5 nitrogen and oxygen atoms in total. The Hall–Kier alpha value is -2.79. The molecule has 0 saturated heterocycles. The molecular formula is C19H20N2O3. The van der Waals surface area contributed by atoms with Gasteiger partial charge in [-0.3, -0.25) is 0 Å². The fraction of sp³-hybridized carbons (Fsp3) is 0.211. The number of aryl methyl sites for hydroxylation is 1. The van der Waals surface area contributed by atoms with E-state index in [0.717, 1.165) is 28.2 Å². The Labute approximate surface area is 140 Å². The summed E-state index contributed by atoms with van der Waals surface area (Å²) in [4.78, 5) is 0. The number of hydrogen-bond donors (Lipinski definition) is 2. The van der Waals surface area contributed by atoms with Gasteiger partial charge in [0.05, 0.1) is 25.1 Å². The number of rotatable bonds is 4. The number of aliphatic hydroxyl groups is 1. The van der Waals surface area contributed by atoms with Crippen molar-refractivity contribution in [1.82, 2.24) is 9.78 Å². The lowest BCUT2D eigenvalue weighted by Gasteiger charge is -2.11. The molecule has 0 unspecified atom stereocenters. The highest BCUT2D eigenvalue weighted by atomic mass is 16.5. The van der Waals surface area contributed by atoms with Crippen molar-refractivity contribution in [3.8, 4) is 28.3 Å². The van der Waals surface area contributed by atoms with Gasteiger partial charge in [0.1, 0.15) is 11.5 Å². The number of aromatic hydroxyl groups is 1. The summed E-state index contributed by atoms with van der Waals surface area (Å²) in [5.74, 6) is 0.873. The minimum Gasteiger partial charge on any atom is -0.507 e. The first-order chi connectivity index (χ1) is 11.6. The van der Waals surface area contributed by atoms with Crippen molar-refractivity contribution in [1.29, 1.82) is 0 Å². The average molecular weight is 324 g/mol. The van der Waals surface area contributed by atoms with Crippen LogP contribution in [0.3, 0.4) is 0 Å². The van der Waals surface area contributed by atoms with Gasteiger partial charge in [0, 0.05) is 22.4 Å². The standard InChI is InChI=1S/C19H20N2O3/c1-12-19(16-6-4-5-7-17(16)23)13(2)21(20-12)15-8-9-18(24-3)14(10-15)11-22/h4-10,22-23H,11H2,1-3H3. The van der Waals surface area contributed by atoms with E-state index in [9.17, 15) is 10.2 Å². The highest BCUT2D eigenvalue weighted by Crippen LogP contribution is 2.35. The van der Waals surface area contributed by atoms with Crippen LogP contribution in [-0.4, -0.2) is 27.1 Å². The summed E-state index contributed by atoms with van der Waals surface area (Å²) in [5.41, 5.74) is 4.95. The molecule has 5 heteroatoms. The summed E-state index contributed by atoms with van der Waals surface area (Å²) in [6.07, 6.45) is 0. The van der Waals surface area contributed by atoms with Gasteiger partial charge in [-0.25, -0.2) is 4.68 Å². The quantitative estimate of drug-likeness (QED) is 0.772. The van der Waals surface area contributed by atoms with Gasteiger partial charge in [-0.05, 0) is 38.1 Å². The Morgan fingerprint density at radius 3 is 2.54 bits per heavy atom. The van der Waals surface area contributed by atoms with Crippen LogP contribution in [0.2, 0.25) is 0 Å². The summed E-state index contributed by atoms with van der Waals surface area (Å²) < 4.78 is 7.06. The third-order valence-corrected chi connectivity index (χ3v) is 4.14. The normalized spacial score (nSPS) is 10.8. The van der Waals surface area contributed by atoms with E-state index < -0.39 is 0 Å². The van der Waals surface area contributed by atoms with Gasteiger partial charge in [-0.15, -0.1) is 0 Å². The first-order valence-electron chi connectivity index (χ1n) is 7.69. The van der Waals surface area contributed by atoms with Crippen molar-refractivity contribution in [2.45, 2.75) is 20.5 Å². The molecule has 0 saturated carbocycles. The van der Waals surface area contributed by atoms with Crippen LogP contribution in [0.15, 0.2) is 42.5 Å². The number of para-hydroxylation sites is 1. The van der Waals surface area contributed by atoms with Gasteiger partial charge in [0.25, 0.3) is 0 Å². The Bertz CT molecular complexity index is 884. The number of benzene rings is 2. The molecule has 1 aromatic heterocycles. The molecule has 24 heavy (non-hydrogen) atoms. The Morgan fingerprint density at radius 1 is 1.12 bits per heavy atom. The molecule has 0 aliphatic heterocycles. The molecule has 0 aliphatic carbocycles. The lowest BCUT2D eigenvalue weighted by molar-refractivity contribution is 0.273. The molecule has 0 fully saturated rings. The Kier molecular flexibility index (Phi) is 4.27. The Morgan fingerprint density at radius 2 is 1.88 bits per heavy atom. The summed E-state index contributed by atoms with van der Waals surface area (Å²) in [5, 5.41) is 24.3. The summed E-state index contributed by atoms with van der Waals surface area (Å²) in [7, 11) is 1.58. The molecule has 0 amide bonds. The highest BCUT2D eigenvalue weighted by Gasteiger charge is 2.17. The smallest absolute Gasteiger partial charge is 0.124 e. The lowest BCUT2D eigenvalue weighted by Crippen LogP contribution is -2.01. The van der Waals surface area contributed by atoms with Crippen LogP contribution in [-0.2, 0) is 6.61 Å². The minimum atomic E-state index is -0.108. The summed E-state index contributed by atoms with van der Waals surface area (Å²) >= 11 is 0. The van der Waals surface area contributed by atoms with Gasteiger partial charge in [0.15, 0.2) is 0 Å². The molecule has 0 radical (unpaired) electrons. The topological polar surface area (TPSA) is 67.5 Å². The minimum absolute atomic E-state index is 0.108. The van der Waals surface area contributed by atoms with E-state index in [0.29, 0.717) is 11.3 Å². The van der Waals surface area contributed by atoms with Crippen molar-refractivity contribution >= 4 is 0 Å². The van der Waals surface area contributed by atoms with Gasteiger partial charge in [-0.2, -0.15) is 5.10 Å². The molecule has 0 atom stereocenters. The zero-order valence-corrected chi connectivity index (χ0v) is 13.9. The summed E-state index contributed by atoms with van der Waals surface area (Å²) in [6, 6.07) is 12.8. The molecule has 3 rings (SSSR count). The number of methoxy groups -OCH3 is 1. The maximum absolute atomic E-state index is 10.2. The molecule has 2 aromatic carbocycles. The number of hydrogen-bond acceptors (Lipinski definition) is 4. The van der Waals surface area contributed by atoms with Crippen LogP contribution in [0.5, 0.6) is 11.5 Å². The van der Waals surface area contributed by atoms with Crippen LogP contribution in [0.1, 0.15) is 17.0 Å². The van der Waals surface area contributed by atoms with E-state index in [1.54, 1.807) is 19.2 Å². The molecule has 2 N–H and O–H groups in total. The first-order valence-corrected chi connectivity index (χ1v) is 7.69. The summed E-state index contributed by atoms with van der Waals surface area (Å²) in [6.45, 7) is 3.77. The van der Waals surface area contributed by atoms with E-state index in [2.05, 4.69) is 5.10 Å². The third kappa shape index (κ3) is 2.63. The molecule has 124 valence electrons. The molecule has 0 bridgehead atoms. The molecule has 1 heterocycles. The van der Waals surface area contributed by atoms with E-state index >= 15 is 0 Å². The van der Waals surface area contributed by atoms with Gasteiger partial charge in [0.2, 0.25) is 0 Å². The van der Waals surface area contributed by atoms with Crippen molar-refractivity contribution in [3.05, 3.63) is 59.4 Å². The fourth-order valence-electron chi connectivity index (χ4n) is 2.99.